The Kier molecular flexibility index (Phi) is 5.89. The van der Waals surface area contributed by atoms with Crippen molar-refractivity contribution in [2.45, 2.75) is 41.4 Å². The Morgan fingerprint density at radius 1 is 0.556 bits per heavy atom. The number of halogens is 15. The van der Waals surface area contributed by atoms with Gasteiger partial charge in [0.15, 0.2) is 10.1 Å². The maximum Gasteiger partial charge on any atom is 0.527 e. The van der Waals surface area contributed by atoms with Crippen LogP contribution in [0, 0.1) is 0 Å². The van der Waals surface area contributed by atoms with Crippen molar-refractivity contribution in [1.29, 1.82) is 0 Å². The topological polar surface area (TPSA) is 66.4 Å². The molecule has 0 N–H and O–H groups in total. The summed E-state index contributed by atoms with van der Waals surface area (Å²) >= 11 is 0. The number of rotatable bonds is 7. The van der Waals surface area contributed by atoms with Crippen LogP contribution in [-0.2, 0) is 14.9 Å². The van der Waals surface area contributed by atoms with E-state index in [0.29, 0.717) is 0 Å². The van der Waals surface area contributed by atoms with Crippen molar-refractivity contribution in [3.8, 4) is 0 Å². The van der Waals surface area contributed by atoms with Crippen LogP contribution < -0.4 is 0 Å². The summed E-state index contributed by atoms with van der Waals surface area (Å²) in [5.41, 5.74) is 0. The maximum absolute atomic E-state index is 12.9. The van der Waals surface area contributed by atoms with Crippen LogP contribution in [0.3, 0.4) is 0 Å². The van der Waals surface area contributed by atoms with E-state index in [1.807, 2.05) is 0 Å². The third-order valence-corrected chi connectivity index (χ3v) is 3.36. The van der Waals surface area contributed by atoms with Crippen LogP contribution in [-0.4, -0.2) is 54.4 Å². The Morgan fingerprint density at radius 2 is 0.852 bits per heavy atom. The first-order valence-corrected chi connectivity index (χ1v) is 6.61. The number of hydrogen-bond donors (Lipinski definition) is 0. The van der Waals surface area contributed by atoms with Crippen molar-refractivity contribution >= 4 is 10.1 Å². The molecule has 0 aromatic heterocycles. The van der Waals surface area contributed by atoms with Crippen LogP contribution in [0.2, 0.25) is 0 Å². The lowest BCUT2D eigenvalue weighted by atomic mass is 9.97. The van der Waals surface area contributed by atoms with E-state index in [-0.39, 0.29) is 0 Å². The Morgan fingerprint density at radius 3 is 1.11 bits per heavy atom. The van der Waals surface area contributed by atoms with E-state index in [9.17, 15) is 78.8 Å². The second-order valence-electron chi connectivity index (χ2n) is 4.33. The van der Waals surface area contributed by atoms with Crippen molar-refractivity contribution in [3.63, 3.8) is 0 Å². The molecule has 0 unspecified atom stereocenters. The highest BCUT2D eigenvalue weighted by molar-refractivity contribution is 7.86. The zero-order valence-electron chi connectivity index (χ0n) is 11.2. The van der Waals surface area contributed by atoms with Crippen molar-refractivity contribution < 1.29 is 83.6 Å². The Balaban J connectivity index is 6.56. The van der Waals surface area contributed by atoms with E-state index in [1.54, 1.807) is 0 Å². The lowest BCUT2D eigenvalue weighted by Gasteiger charge is -2.41. The fourth-order valence-electron chi connectivity index (χ4n) is 1.13. The molecule has 0 heterocycles. The molecule has 0 aliphatic heterocycles. The van der Waals surface area contributed by atoms with Gasteiger partial charge in [0, 0.05) is 0 Å². The lowest BCUT2D eigenvalue weighted by Crippen LogP contribution is -2.72. The summed E-state index contributed by atoms with van der Waals surface area (Å²) in [7, 11) is -8.00. The Labute approximate surface area is 136 Å². The first kappa shape index (κ1) is 25.8. The van der Waals surface area contributed by atoms with Gasteiger partial charge >= 0.3 is 41.4 Å². The van der Waals surface area contributed by atoms with Crippen LogP contribution in [0.25, 0.3) is 0 Å². The van der Waals surface area contributed by atoms with Crippen molar-refractivity contribution in [2.24, 2.45) is 0 Å². The second kappa shape index (κ2) is 6.16. The van der Waals surface area contributed by atoms with E-state index in [2.05, 4.69) is 0 Å². The van der Waals surface area contributed by atoms with Crippen molar-refractivity contribution in [1.82, 2.24) is 0 Å². The average Bonchev–Trinajstić information content (AvgIpc) is 2.33. The summed E-state index contributed by atoms with van der Waals surface area (Å²) in [5, 5.41) is -7.79. The molecule has 0 atom stereocenters. The Bertz CT molecular complexity index is 662. The summed E-state index contributed by atoms with van der Waals surface area (Å²) in [6.45, 7) is 0. The van der Waals surface area contributed by atoms with E-state index in [4.69, 9.17) is 0 Å². The van der Waals surface area contributed by atoms with Gasteiger partial charge in [0.2, 0.25) is 0 Å². The predicted molar refractivity (Wildman–Crippen MR) is 46.5 cm³/mol. The highest BCUT2D eigenvalue weighted by Crippen LogP contribution is 2.61. The SMILES string of the molecule is O=S(=O)([O-])C(F)(F)C(F)(F)C(F)(F)C(F)(F)C(F)(F)C(F)(F)OC(F)(F)F. The molecule has 0 fully saturated rings. The van der Waals surface area contributed by atoms with Gasteiger partial charge in [-0.15, -0.1) is 13.2 Å². The zero-order chi connectivity index (χ0) is 22.7. The third kappa shape index (κ3) is 3.74. The first-order valence-electron chi connectivity index (χ1n) is 5.20. The van der Waals surface area contributed by atoms with Crippen LogP contribution in [0.4, 0.5) is 65.9 Å². The van der Waals surface area contributed by atoms with Gasteiger partial charge in [0.05, 0.1) is 0 Å². The van der Waals surface area contributed by atoms with Gasteiger partial charge < -0.3 is 4.55 Å². The highest BCUT2D eigenvalue weighted by Gasteiger charge is 2.92. The van der Waals surface area contributed by atoms with Crippen LogP contribution in [0.1, 0.15) is 0 Å². The number of alkyl halides is 15. The molecule has 0 aliphatic rings. The maximum atomic E-state index is 12.9. The number of ether oxygens (including phenoxy) is 1. The van der Waals surface area contributed by atoms with Gasteiger partial charge in [0.1, 0.15) is 0 Å². The molecule has 0 rings (SSSR count). The molecule has 0 bridgehead atoms. The highest BCUT2D eigenvalue weighted by atomic mass is 32.2. The fraction of sp³-hybridized carbons (Fsp3) is 1.00. The molecule has 0 aromatic carbocycles. The molecule has 4 nitrogen and oxygen atoms in total. The molecule has 0 radical (unpaired) electrons. The normalized spacial score (nSPS) is 16.6. The standard InChI is InChI=1S/C7HF15O4S/c8-1(9,3(12,13)5(16,17)26-7(20,21)22)2(10,11)4(14,15)6(18,19)27(23,24)25/h(H,23,24,25)/p-1. The largest absolute Gasteiger partial charge is 0.743 e. The molecular formula is C7F15O4S-. The van der Waals surface area contributed by atoms with Crippen LogP contribution >= 0.6 is 0 Å². The molecule has 27 heavy (non-hydrogen) atoms. The molecule has 0 aromatic rings. The fourth-order valence-corrected chi connectivity index (χ4v) is 1.57. The quantitative estimate of drug-likeness (QED) is 0.424. The van der Waals surface area contributed by atoms with Gasteiger partial charge in [-0.1, -0.05) is 0 Å². The molecule has 0 amide bonds. The summed E-state index contributed by atoms with van der Waals surface area (Å²) in [6, 6.07) is 0. The molecule has 164 valence electrons. The molecule has 0 spiro atoms. The van der Waals surface area contributed by atoms with Gasteiger partial charge in [-0.25, -0.2) is 13.2 Å². The summed E-state index contributed by atoms with van der Waals surface area (Å²) < 4.78 is 218. The van der Waals surface area contributed by atoms with Gasteiger partial charge in [-0.3, -0.25) is 0 Å². The minimum atomic E-state index is -8.52. The molecule has 0 aliphatic carbocycles. The van der Waals surface area contributed by atoms with Gasteiger partial charge in [0.25, 0.3) is 0 Å². The molecular weight excluding hydrogens is 465 g/mol. The van der Waals surface area contributed by atoms with Crippen LogP contribution in [0.15, 0.2) is 0 Å². The average molecular weight is 465 g/mol. The molecule has 0 saturated carbocycles. The number of hydrogen-bond acceptors (Lipinski definition) is 4. The zero-order valence-corrected chi connectivity index (χ0v) is 12.0. The van der Waals surface area contributed by atoms with Crippen LogP contribution in [0.5, 0.6) is 0 Å². The monoisotopic (exact) mass is 465 g/mol. The smallest absolute Gasteiger partial charge is 0.527 e. The minimum absolute atomic E-state index is 1.13. The van der Waals surface area contributed by atoms with E-state index in [1.165, 1.54) is 0 Å². The van der Waals surface area contributed by atoms with Gasteiger partial charge in [-0.2, -0.15) is 52.7 Å². The predicted octanol–water partition coefficient (Wildman–Crippen LogP) is 3.79. The van der Waals surface area contributed by atoms with E-state index < -0.39 is 51.5 Å². The molecule has 0 saturated heterocycles. The van der Waals surface area contributed by atoms with Gasteiger partial charge in [-0.05, 0) is 0 Å². The Hall–Kier alpha value is -1.18. The lowest BCUT2D eigenvalue weighted by molar-refractivity contribution is -0.504. The first-order chi connectivity index (χ1) is 11.2. The minimum Gasteiger partial charge on any atom is -0.743 e. The van der Waals surface area contributed by atoms with Crippen molar-refractivity contribution in [2.75, 3.05) is 0 Å². The van der Waals surface area contributed by atoms with E-state index in [0.717, 1.165) is 4.74 Å². The van der Waals surface area contributed by atoms with E-state index >= 15 is 0 Å². The second-order valence-corrected chi connectivity index (χ2v) is 5.75. The summed E-state index contributed by atoms with van der Waals surface area (Å²) in [6.07, 6.45) is -14.7. The summed E-state index contributed by atoms with van der Waals surface area (Å²) in [4.78, 5) is 0. The summed E-state index contributed by atoms with van der Waals surface area (Å²) in [5.74, 6) is -33.6. The molecule has 20 heteroatoms. The third-order valence-electron chi connectivity index (χ3n) is 2.47. The van der Waals surface area contributed by atoms with Crippen molar-refractivity contribution in [3.05, 3.63) is 0 Å².